The van der Waals surface area contributed by atoms with Crippen molar-refractivity contribution in [3.8, 4) is 0 Å². The molecule has 1 aromatic rings. The van der Waals surface area contributed by atoms with Crippen molar-refractivity contribution in [3.63, 3.8) is 0 Å². The summed E-state index contributed by atoms with van der Waals surface area (Å²) in [4.78, 5) is 10.6. The predicted molar refractivity (Wildman–Crippen MR) is 84.7 cm³/mol. The number of halogens is 3. The zero-order valence-electron chi connectivity index (χ0n) is 7.95. The molecule has 3 nitrogen and oxygen atoms in total. The molecule has 0 aliphatic carbocycles. The Labute approximate surface area is 128 Å². The van der Waals surface area contributed by atoms with Gasteiger partial charge in [0.25, 0.3) is 0 Å². The third-order valence-corrected chi connectivity index (χ3v) is 1.56. The first-order chi connectivity index (χ1) is 5.75. The SMILES string of the molecule is B.Br.Br.Br.COC(C(=O)O)c1ccccc1. The molecule has 1 atom stereocenters. The largest absolute Gasteiger partial charge is 0.479 e. The minimum atomic E-state index is -0.969. The second-order valence-corrected chi connectivity index (χ2v) is 2.36. The standard InChI is InChI=1S/C9H10O3.BH3.3BrH/c1-12-8(9(10)11)7-5-3-2-4-6-7;;;;/h2-6,8H,1H3,(H,10,11);1H3;3*1H. The molecule has 0 radical (unpaired) electrons. The van der Waals surface area contributed by atoms with Crippen LogP contribution in [0.5, 0.6) is 0 Å². The molecule has 7 heteroatoms. The minimum absolute atomic E-state index is 0. The summed E-state index contributed by atoms with van der Waals surface area (Å²) in [5, 5.41) is 8.70. The first-order valence-corrected chi connectivity index (χ1v) is 3.56. The van der Waals surface area contributed by atoms with Crippen molar-refractivity contribution in [1.82, 2.24) is 0 Å². The Hall–Kier alpha value is 0.155. The maximum absolute atomic E-state index is 10.6. The van der Waals surface area contributed by atoms with E-state index in [9.17, 15) is 4.79 Å². The summed E-state index contributed by atoms with van der Waals surface area (Å²) in [5.41, 5.74) is 0.660. The Morgan fingerprint density at radius 1 is 1.19 bits per heavy atom. The quantitative estimate of drug-likeness (QED) is 0.758. The van der Waals surface area contributed by atoms with Gasteiger partial charge in [-0.2, -0.15) is 0 Å². The van der Waals surface area contributed by atoms with Crippen molar-refractivity contribution in [2.75, 3.05) is 7.11 Å². The van der Waals surface area contributed by atoms with Gasteiger partial charge in [0, 0.05) is 7.11 Å². The van der Waals surface area contributed by atoms with Crippen LogP contribution < -0.4 is 0 Å². The van der Waals surface area contributed by atoms with Crippen molar-refractivity contribution in [2.24, 2.45) is 0 Å². The minimum Gasteiger partial charge on any atom is -0.479 e. The van der Waals surface area contributed by atoms with Crippen LogP contribution in [0.3, 0.4) is 0 Å². The lowest BCUT2D eigenvalue weighted by Crippen LogP contribution is -2.12. The van der Waals surface area contributed by atoms with E-state index in [-0.39, 0.29) is 59.4 Å². The van der Waals surface area contributed by atoms with Gasteiger partial charge >= 0.3 is 5.97 Å². The van der Waals surface area contributed by atoms with Crippen molar-refractivity contribution in [2.45, 2.75) is 6.10 Å². The van der Waals surface area contributed by atoms with E-state index in [2.05, 4.69) is 0 Å². The van der Waals surface area contributed by atoms with Crippen LogP contribution in [-0.4, -0.2) is 26.6 Å². The van der Waals surface area contributed by atoms with Crippen LogP contribution in [0.2, 0.25) is 0 Å². The number of rotatable bonds is 3. The van der Waals surface area contributed by atoms with Gasteiger partial charge in [-0.25, -0.2) is 4.79 Å². The topological polar surface area (TPSA) is 46.5 Å². The van der Waals surface area contributed by atoms with Gasteiger partial charge in [0.1, 0.15) is 0 Å². The number of carbonyl (C=O) groups is 1. The average Bonchev–Trinajstić information content (AvgIpc) is 2.07. The van der Waals surface area contributed by atoms with Gasteiger partial charge in [0.15, 0.2) is 6.10 Å². The summed E-state index contributed by atoms with van der Waals surface area (Å²) in [6, 6.07) is 8.84. The number of carboxylic acid groups (broad SMARTS) is 1. The number of ether oxygens (including phenoxy) is 1. The molecule has 0 amide bonds. The fourth-order valence-electron chi connectivity index (χ4n) is 1.01. The zero-order valence-corrected chi connectivity index (χ0v) is 13.1. The van der Waals surface area contributed by atoms with E-state index in [0.717, 1.165) is 0 Å². The van der Waals surface area contributed by atoms with Crippen LogP contribution in [0, 0.1) is 0 Å². The lowest BCUT2D eigenvalue weighted by molar-refractivity contribution is -0.148. The van der Waals surface area contributed by atoms with E-state index >= 15 is 0 Å². The summed E-state index contributed by atoms with van der Waals surface area (Å²) in [7, 11) is 1.38. The molecule has 0 aliphatic rings. The molecule has 1 unspecified atom stereocenters. The second kappa shape index (κ2) is 13.2. The summed E-state index contributed by atoms with van der Waals surface area (Å²) in [6.07, 6.45) is -0.855. The Balaban J connectivity index is -0.000000180. The number of hydrogen-bond donors (Lipinski definition) is 1. The molecule has 1 N–H and O–H groups in total. The highest BCUT2D eigenvalue weighted by Gasteiger charge is 2.17. The van der Waals surface area contributed by atoms with Crippen LogP contribution in [0.15, 0.2) is 30.3 Å². The molecule has 0 aromatic heterocycles. The van der Waals surface area contributed by atoms with Gasteiger partial charge in [-0.3, -0.25) is 0 Å². The number of aliphatic carboxylic acids is 1. The molecule has 0 fully saturated rings. The number of benzene rings is 1. The van der Waals surface area contributed by atoms with Gasteiger partial charge in [0.2, 0.25) is 0 Å². The summed E-state index contributed by atoms with van der Waals surface area (Å²) < 4.78 is 4.80. The molecular formula is C9H16BBr3O3. The maximum Gasteiger partial charge on any atom is 0.337 e. The van der Waals surface area contributed by atoms with Gasteiger partial charge in [0.05, 0.1) is 8.41 Å². The van der Waals surface area contributed by atoms with E-state index in [1.54, 1.807) is 24.3 Å². The van der Waals surface area contributed by atoms with Gasteiger partial charge in [-0.05, 0) is 5.56 Å². The molecule has 16 heavy (non-hydrogen) atoms. The van der Waals surface area contributed by atoms with Gasteiger partial charge in [-0.1, -0.05) is 30.3 Å². The van der Waals surface area contributed by atoms with Crippen molar-refractivity contribution >= 4 is 65.3 Å². The lowest BCUT2D eigenvalue weighted by atomic mass is 10.1. The fraction of sp³-hybridized carbons (Fsp3) is 0.222. The smallest absolute Gasteiger partial charge is 0.337 e. The molecule has 94 valence electrons. The first-order valence-electron chi connectivity index (χ1n) is 3.56. The van der Waals surface area contributed by atoms with Crippen LogP contribution in [-0.2, 0) is 9.53 Å². The van der Waals surface area contributed by atoms with Crippen LogP contribution >= 0.6 is 50.9 Å². The normalized spacial score (nSPS) is 9.31. The van der Waals surface area contributed by atoms with E-state index < -0.39 is 12.1 Å². The summed E-state index contributed by atoms with van der Waals surface area (Å²) >= 11 is 0. The zero-order chi connectivity index (χ0) is 8.97. The highest BCUT2D eigenvalue weighted by Crippen LogP contribution is 2.15. The molecule has 0 spiro atoms. The molecule has 0 aliphatic heterocycles. The highest BCUT2D eigenvalue weighted by atomic mass is 79.9. The second-order valence-electron chi connectivity index (χ2n) is 2.36. The summed E-state index contributed by atoms with van der Waals surface area (Å²) in [6.45, 7) is 0. The first kappa shape index (κ1) is 25.1. The monoisotopic (exact) mass is 420 g/mol. The number of hydrogen-bond acceptors (Lipinski definition) is 2. The molecule has 1 rings (SSSR count). The Bertz CT molecular complexity index is 272. The number of carboxylic acids is 1. The highest BCUT2D eigenvalue weighted by molar-refractivity contribution is 8.93. The molecule has 0 saturated heterocycles. The van der Waals surface area contributed by atoms with E-state index in [4.69, 9.17) is 9.84 Å². The van der Waals surface area contributed by atoms with Crippen LogP contribution in [0.25, 0.3) is 0 Å². The molecule has 0 heterocycles. The predicted octanol–water partition coefficient (Wildman–Crippen LogP) is 2.01. The Morgan fingerprint density at radius 3 is 1.94 bits per heavy atom. The number of methoxy groups -OCH3 is 1. The third kappa shape index (κ3) is 7.43. The van der Waals surface area contributed by atoms with Crippen LogP contribution in [0.4, 0.5) is 0 Å². The van der Waals surface area contributed by atoms with E-state index in [1.165, 1.54) is 7.11 Å². The molecular weight excluding hydrogens is 407 g/mol. The van der Waals surface area contributed by atoms with Crippen molar-refractivity contribution in [3.05, 3.63) is 35.9 Å². The van der Waals surface area contributed by atoms with E-state index in [0.29, 0.717) is 5.56 Å². The molecule has 1 aromatic carbocycles. The average molecular weight is 423 g/mol. The van der Waals surface area contributed by atoms with E-state index in [1.807, 2.05) is 6.07 Å². The maximum atomic E-state index is 10.6. The van der Waals surface area contributed by atoms with Crippen LogP contribution in [0.1, 0.15) is 11.7 Å². The van der Waals surface area contributed by atoms with Gasteiger partial charge < -0.3 is 9.84 Å². The summed E-state index contributed by atoms with van der Waals surface area (Å²) in [5.74, 6) is -0.969. The Morgan fingerprint density at radius 2 is 1.62 bits per heavy atom. The molecule has 0 saturated carbocycles. The third-order valence-electron chi connectivity index (χ3n) is 1.56. The van der Waals surface area contributed by atoms with Crippen molar-refractivity contribution < 1.29 is 14.6 Å². The Kier molecular flexibility index (Phi) is 20.8. The molecule has 0 bridgehead atoms. The fourth-order valence-corrected chi connectivity index (χ4v) is 1.01. The van der Waals surface area contributed by atoms with Gasteiger partial charge in [-0.15, -0.1) is 50.9 Å². The lowest BCUT2D eigenvalue weighted by Gasteiger charge is -2.09. The van der Waals surface area contributed by atoms with Crippen molar-refractivity contribution in [1.29, 1.82) is 0 Å².